The summed E-state index contributed by atoms with van der Waals surface area (Å²) in [6.07, 6.45) is 3.23. The molecule has 4 heteroatoms. The van der Waals surface area contributed by atoms with Crippen molar-refractivity contribution in [2.45, 2.75) is 38.6 Å². The van der Waals surface area contributed by atoms with Crippen LogP contribution in [-0.2, 0) is 0 Å². The van der Waals surface area contributed by atoms with E-state index in [1.165, 1.54) is 0 Å². The van der Waals surface area contributed by atoms with Crippen LogP contribution in [0.4, 0.5) is 10.1 Å². The molecular formula is C15H22ClFN2. The lowest BCUT2D eigenvalue weighted by Gasteiger charge is -2.36. The Balaban J connectivity index is 2.24. The Morgan fingerprint density at radius 1 is 1.37 bits per heavy atom. The van der Waals surface area contributed by atoms with Gasteiger partial charge in [-0.2, -0.15) is 0 Å². The number of nitrogens with one attached hydrogen (secondary N) is 1. The normalized spacial score (nSPS) is 19.3. The van der Waals surface area contributed by atoms with Crippen LogP contribution in [0.2, 0.25) is 5.02 Å². The minimum absolute atomic E-state index is 0.132. The maximum atomic E-state index is 13.6. The number of anilines is 1. The molecule has 1 heterocycles. The van der Waals surface area contributed by atoms with E-state index in [1.54, 1.807) is 12.1 Å². The Labute approximate surface area is 119 Å². The van der Waals surface area contributed by atoms with Crippen LogP contribution < -0.4 is 10.2 Å². The molecule has 1 N–H and O–H groups in total. The van der Waals surface area contributed by atoms with Crippen molar-refractivity contribution in [3.05, 3.63) is 29.0 Å². The van der Waals surface area contributed by atoms with Gasteiger partial charge in [0.1, 0.15) is 5.82 Å². The Kier molecular flexibility index (Phi) is 4.69. The number of hydrogen-bond acceptors (Lipinski definition) is 2. The molecule has 19 heavy (non-hydrogen) atoms. The first kappa shape index (κ1) is 14.6. The van der Waals surface area contributed by atoms with E-state index in [-0.39, 0.29) is 16.4 Å². The number of hydrogen-bond donors (Lipinski definition) is 1. The third-order valence-electron chi connectivity index (χ3n) is 4.22. The monoisotopic (exact) mass is 284 g/mol. The van der Waals surface area contributed by atoms with Crippen molar-refractivity contribution in [3.8, 4) is 0 Å². The molecule has 1 aromatic carbocycles. The van der Waals surface area contributed by atoms with Gasteiger partial charge in [-0.25, -0.2) is 4.39 Å². The summed E-state index contributed by atoms with van der Waals surface area (Å²) >= 11 is 5.76. The fourth-order valence-corrected chi connectivity index (χ4v) is 2.87. The fraction of sp³-hybridized carbons (Fsp3) is 0.600. The van der Waals surface area contributed by atoms with Crippen LogP contribution in [0.15, 0.2) is 18.2 Å². The Hall–Kier alpha value is -0.800. The number of benzene rings is 1. The molecule has 0 unspecified atom stereocenters. The summed E-state index contributed by atoms with van der Waals surface area (Å²) in [5, 5.41) is 3.85. The second-order valence-electron chi connectivity index (χ2n) is 5.29. The van der Waals surface area contributed by atoms with Gasteiger partial charge in [-0.1, -0.05) is 25.4 Å². The molecule has 1 aromatic rings. The highest BCUT2D eigenvalue weighted by molar-refractivity contribution is 6.30. The highest BCUT2D eigenvalue weighted by Gasteiger charge is 2.30. The van der Waals surface area contributed by atoms with Crippen molar-refractivity contribution in [2.75, 3.05) is 24.5 Å². The minimum atomic E-state index is -0.338. The highest BCUT2D eigenvalue weighted by atomic mass is 35.5. The van der Waals surface area contributed by atoms with Gasteiger partial charge in [-0.15, -0.1) is 0 Å². The van der Waals surface area contributed by atoms with Gasteiger partial charge in [0.05, 0.1) is 5.02 Å². The lowest BCUT2D eigenvalue weighted by Crippen LogP contribution is -2.50. The van der Waals surface area contributed by atoms with Crippen molar-refractivity contribution < 1.29 is 4.39 Å². The molecule has 0 bridgehead atoms. The molecule has 0 atom stereocenters. The van der Waals surface area contributed by atoms with E-state index < -0.39 is 0 Å². The lowest BCUT2D eigenvalue weighted by molar-refractivity contribution is 0.321. The van der Waals surface area contributed by atoms with E-state index in [0.29, 0.717) is 0 Å². The van der Waals surface area contributed by atoms with Gasteiger partial charge in [0.2, 0.25) is 0 Å². The van der Waals surface area contributed by atoms with Crippen molar-refractivity contribution in [2.24, 2.45) is 0 Å². The average molecular weight is 285 g/mol. The van der Waals surface area contributed by atoms with E-state index in [9.17, 15) is 4.39 Å². The molecule has 0 amide bonds. The van der Waals surface area contributed by atoms with Crippen LogP contribution >= 0.6 is 11.6 Å². The molecule has 1 fully saturated rings. The smallest absolute Gasteiger partial charge is 0.143 e. The molecule has 1 aliphatic rings. The third kappa shape index (κ3) is 3.21. The summed E-state index contributed by atoms with van der Waals surface area (Å²) in [6, 6.07) is 5.10. The van der Waals surface area contributed by atoms with Crippen LogP contribution in [-0.4, -0.2) is 25.2 Å². The van der Waals surface area contributed by atoms with Crippen molar-refractivity contribution in [1.29, 1.82) is 0 Å². The fourth-order valence-electron chi connectivity index (χ4n) is 2.75. The van der Waals surface area contributed by atoms with Crippen LogP contribution in [0.5, 0.6) is 0 Å². The molecule has 0 saturated carbocycles. The van der Waals surface area contributed by atoms with Gasteiger partial charge in [0, 0.05) is 24.3 Å². The number of halogens is 2. The predicted molar refractivity (Wildman–Crippen MR) is 79.6 cm³/mol. The standard InChI is InChI=1S/C15H22ClFN2/c1-3-15(4-2)11-19(9-5-8-18-15)12-6-7-13(16)14(17)10-12/h6-7,10,18H,3-5,8-9,11H2,1-2H3. The predicted octanol–water partition coefficient (Wildman–Crippen LogP) is 3.84. The largest absolute Gasteiger partial charge is 0.370 e. The minimum Gasteiger partial charge on any atom is -0.370 e. The van der Waals surface area contributed by atoms with E-state index in [2.05, 4.69) is 24.1 Å². The molecule has 1 saturated heterocycles. The second-order valence-corrected chi connectivity index (χ2v) is 5.69. The SMILES string of the molecule is CCC1(CC)CN(c2ccc(Cl)c(F)c2)CCCN1. The summed E-state index contributed by atoms with van der Waals surface area (Å²) in [4.78, 5) is 2.27. The molecule has 0 aliphatic carbocycles. The van der Waals surface area contributed by atoms with E-state index >= 15 is 0 Å². The van der Waals surface area contributed by atoms with Crippen LogP contribution in [0.3, 0.4) is 0 Å². The van der Waals surface area contributed by atoms with Crippen LogP contribution in [0.1, 0.15) is 33.1 Å². The summed E-state index contributed by atoms with van der Waals surface area (Å²) in [5.41, 5.74) is 1.06. The molecule has 1 aliphatic heterocycles. The van der Waals surface area contributed by atoms with Gasteiger partial charge in [0.25, 0.3) is 0 Å². The highest BCUT2D eigenvalue weighted by Crippen LogP contribution is 2.27. The summed E-state index contributed by atoms with van der Waals surface area (Å²) in [5.74, 6) is -0.338. The zero-order chi connectivity index (χ0) is 13.9. The Morgan fingerprint density at radius 2 is 2.11 bits per heavy atom. The first-order valence-electron chi connectivity index (χ1n) is 7.05. The van der Waals surface area contributed by atoms with Crippen LogP contribution in [0.25, 0.3) is 0 Å². The second kappa shape index (κ2) is 6.10. The van der Waals surface area contributed by atoms with E-state index in [4.69, 9.17) is 11.6 Å². The quantitative estimate of drug-likeness (QED) is 0.907. The summed E-state index contributed by atoms with van der Waals surface area (Å²) in [6.45, 7) is 7.32. The Bertz CT molecular complexity index is 432. The zero-order valence-electron chi connectivity index (χ0n) is 11.7. The molecule has 0 aromatic heterocycles. The third-order valence-corrected chi connectivity index (χ3v) is 4.53. The van der Waals surface area contributed by atoms with Gasteiger partial charge < -0.3 is 10.2 Å². The molecular weight excluding hydrogens is 263 g/mol. The first-order valence-corrected chi connectivity index (χ1v) is 7.43. The first-order chi connectivity index (χ1) is 9.10. The van der Waals surface area contributed by atoms with Gasteiger partial charge in [-0.3, -0.25) is 0 Å². The van der Waals surface area contributed by atoms with Crippen LogP contribution in [0, 0.1) is 5.82 Å². The zero-order valence-corrected chi connectivity index (χ0v) is 12.4. The number of nitrogens with zero attached hydrogens (tertiary/aromatic N) is 1. The molecule has 0 spiro atoms. The van der Waals surface area contributed by atoms with E-state index in [0.717, 1.165) is 44.6 Å². The molecule has 2 nitrogen and oxygen atoms in total. The number of rotatable bonds is 3. The topological polar surface area (TPSA) is 15.3 Å². The molecule has 2 rings (SSSR count). The molecule has 106 valence electrons. The maximum absolute atomic E-state index is 13.6. The summed E-state index contributed by atoms with van der Waals surface area (Å²) < 4.78 is 13.6. The van der Waals surface area contributed by atoms with Crippen molar-refractivity contribution >= 4 is 17.3 Å². The van der Waals surface area contributed by atoms with Crippen molar-refractivity contribution in [3.63, 3.8) is 0 Å². The Morgan fingerprint density at radius 3 is 2.74 bits per heavy atom. The lowest BCUT2D eigenvalue weighted by atomic mass is 9.92. The summed E-state index contributed by atoms with van der Waals surface area (Å²) in [7, 11) is 0. The van der Waals surface area contributed by atoms with E-state index in [1.807, 2.05) is 6.07 Å². The van der Waals surface area contributed by atoms with Gasteiger partial charge in [0.15, 0.2) is 0 Å². The van der Waals surface area contributed by atoms with Gasteiger partial charge >= 0.3 is 0 Å². The maximum Gasteiger partial charge on any atom is 0.143 e. The average Bonchev–Trinajstić information content (AvgIpc) is 2.65. The van der Waals surface area contributed by atoms with Crippen molar-refractivity contribution in [1.82, 2.24) is 5.32 Å². The molecule has 0 radical (unpaired) electrons. The van der Waals surface area contributed by atoms with Gasteiger partial charge in [-0.05, 0) is 44.0 Å².